The molecule has 25 heavy (non-hydrogen) atoms. The number of carbonyl (C=O) groups excluding carboxylic acids is 3. The number of carbonyl (C=O) groups is 3. The van der Waals surface area contributed by atoms with Crippen LogP contribution in [0.4, 0.5) is 5.69 Å². The number of rotatable bonds is 3. The maximum atomic E-state index is 12.2. The molecule has 1 aliphatic rings. The van der Waals surface area contributed by atoms with Crippen molar-refractivity contribution in [2.24, 2.45) is 5.92 Å². The molecule has 0 aliphatic carbocycles. The van der Waals surface area contributed by atoms with E-state index in [2.05, 4.69) is 26.8 Å². The maximum absolute atomic E-state index is 12.2. The van der Waals surface area contributed by atoms with E-state index in [-0.39, 0.29) is 24.8 Å². The van der Waals surface area contributed by atoms with Crippen molar-refractivity contribution in [3.05, 3.63) is 64.6 Å². The molecule has 6 nitrogen and oxygen atoms in total. The van der Waals surface area contributed by atoms with Crippen LogP contribution in [0.5, 0.6) is 0 Å². The first-order chi connectivity index (χ1) is 12.0. The molecular weight excluding hydrogens is 386 g/mol. The largest absolute Gasteiger partial charge is 0.312 e. The number of hydrogen-bond acceptors (Lipinski definition) is 3. The van der Waals surface area contributed by atoms with E-state index in [1.807, 2.05) is 24.3 Å². The highest BCUT2D eigenvalue weighted by Crippen LogP contribution is 2.26. The predicted molar refractivity (Wildman–Crippen MR) is 96.7 cm³/mol. The van der Waals surface area contributed by atoms with Gasteiger partial charge in [0, 0.05) is 28.7 Å². The third kappa shape index (κ3) is 4.06. The molecule has 0 saturated carbocycles. The Hall–Kier alpha value is -2.67. The van der Waals surface area contributed by atoms with E-state index < -0.39 is 11.8 Å². The fourth-order valence-corrected chi connectivity index (χ4v) is 2.90. The van der Waals surface area contributed by atoms with Crippen molar-refractivity contribution in [3.8, 4) is 0 Å². The summed E-state index contributed by atoms with van der Waals surface area (Å²) in [5.41, 5.74) is 5.97. The van der Waals surface area contributed by atoms with Gasteiger partial charge in [-0.2, -0.15) is 0 Å². The molecule has 1 atom stereocenters. The summed E-state index contributed by atoms with van der Waals surface area (Å²) in [6.07, 6.45) is 0.114. The van der Waals surface area contributed by atoms with Crippen LogP contribution in [0, 0.1) is 5.92 Å². The monoisotopic (exact) mass is 401 g/mol. The van der Waals surface area contributed by atoms with E-state index in [0.717, 1.165) is 10.2 Å². The molecule has 2 aromatic rings. The van der Waals surface area contributed by atoms with E-state index >= 15 is 0 Å². The summed E-state index contributed by atoms with van der Waals surface area (Å²) in [5.74, 6) is -1.40. The maximum Gasteiger partial charge on any atom is 0.269 e. The molecule has 3 amide bonds. The van der Waals surface area contributed by atoms with Gasteiger partial charge in [-0.3, -0.25) is 25.2 Å². The van der Waals surface area contributed by atoms with E-state index in [1.54, 1.807) is 35.2 Å². The zero-order valence-corrected chi connectivity index (χ0v) is 14.8. The second-order valence-electron chi connectivity index (χ2n) is 5.69. The van der Waals surface area contributed by atoms with Crippen molar-refractivity contribution in [2.45, 2.75) is 6.42 Å². The Bertz CT molecular complexity index is 793. The number of halogens is 1. The number of hydrazine groups is 1. The normalized spacial score (nSPS) is 16.6. The number of amides is 3. The summed E-state index contributed by atoms with van der Waals surface area (Å²) in [5, 5.41) is 0. The van der Waals surface area contributed by atoms with E-state index in [0.29, 0.717) is 5.56 Å². The van der Waals surface area contributed by atoms with Crippen LogP contribution in [0.3, 0.4) is 0 Å². The van der Waals surface area contributed by atoms with Gasteiger partial charge in [-0.05, 0) is 36.4 Å². The zero-order valence-electron chi connectivity index (χ0n) is 13.2. The lowest BCUT2D eigenvalue weighted by molar-refractivity contribution is -0.126. The summed E-state index contributed by atoms with van der Waals surface area (Å²) in [6.45, 7) is 0.285. The SMILES string of the molecule is O=C(NNC(=O)[C@@H]1CC(=O)N(c2ccc(Br)cc2)C1)c1ccccc1. The number of anilines is 1. The zero-order chi connectivity index (χ0) is 17.8. The molecule has 2 N–H and O–H groups in total. The molecule has 1 heterocycles. The molecule has 1 saturated heterocycles. The topological polar surface area (TPSA) is 78.5 Å². The van der Waals surface area contributed by atoms with Gasteiger partial charge in [-0.1, -0.05) is 34.1 Å². The van der Waals surface area contributed by atoms with E-state index in [4.69, 9.17) is 0 Å². The van der Waals surface area contributed by atoms with E-state index in [1.165, 1.54) is 0 Å². The van der Waals surface area contributed by atoms with Crippen LogP contribution in [0.25, 0.3) is 0 Å². The van der Waals surface area contributed by atoms with Gasteiger partial charge in [-0.25, -0.2) is 0 Å². The fourth-order valence-electron chi connectivity index (χ4n) is 2.64. The molecule has 7 heteroatoms. The molecule has 0 radical (unpaired) electrons. The van der Waals surface area contributed by atoms with Crippen LogP contribution < -0.4 is 15.8 Å². The van der Waals surface area contributed by atoms with Crippen LogP contribution in [0.1, 0.15) is 16.8 Å². The molecule has 0 unspecified atom stereocenters. The summed E-state index contributed by atoms with van der Waals surface area (Å²) in [4.78, 5) is 37.9. The van der Waals surface area contributed by atoms with Gasteiger partial charge in [-0.15, -0.1) is 0 Å². The predicted octanol–water partition coefficient (Wildman–Crippen LogP) is 2.26. The number of hydrogen-bond donors (Lipinski definition) is 2. The van der Waals surface area contributed by atoms with Crippen molar-refractivity contribution >= 4 is 39.3 Å². The minimum absolute atomic E-state index is 0.114. The minimum Gasteiger partial charge on any atom is -0.312 e. The Labute approximate surface area is 153 Å². The lowest BCUT2D eigenvalue weighted by Gasteiger charge is -2.17. The quantitative estimate of drug-likeness (QED) is 0.774. The second-order valence-corrected chi connectivity index (χ2v) is 6.61. The number of nitrogens with one attached hydrogen (secondary N) is 2. The first-order valence-electron chi connectivity index (χ1n) is 7.76. The van der Waals surface area contributed by atoms with Crippen LogP contribution in [0.15, 0.2) is 59.1 Å². The Morgan fingerprint density at radius 1 is 1.00 bits per heavy atom. The van der Waals surface area contributed by atoms with Gasteiger partial charge in [0.05, 0.1) is 5.92 Å². The summed E-state index contributed by atoms with van der Waals surface area (Å²) < 4.78 is 0.917. The van der Waals surface area contributed by atoms with Crippen molar-refractivity contribution in [2.75, 3.05) is 11.4 Å². The Balaban J connectivity index is 1.57. The van der Waals surface area contributed by atoms with Gasteiger partial charge in [0.2, 0.25) is 11.8 Å². The highest BCUT2D eigenvalue weighted by atomic mass is 79.9. The molecule has 0 bridgehead atoms. The average Bonchev–Trinajstić information content (AvgIpc) is 3.02. The molecule has 0 aromatic heterocycles. The van der Waals surface area contributed by atoms with Crippen molar-refractivity contribution in [3.63, 3.8) is 0 Å². The summed E-state index contributed by atoms with van der Waals surface area (Å²) >= 11 is 3.35. The molecule has 3 rings (SSSR count). The highest BCUT2D eigenvalue weighted by molar-refractivity contribution is 9.10. The number of nitrogens with zero attached hydrogens (tertiary/aromatic N) is 1. The standard InChI is InChI=1S/C18H16BrN3O3/c19-14-6-8-15(9-7-14)22-11-13(10-16(22)23)18(25)21-20-17(24)12-4-2-1-3-5-12/h1-9,13H,10-11H2,(H,20,24)(H,21,25)/t13-/m1/s1. The Morgan fingerprint density at radius 3 is 2.36 bits per heavy atom. The molecule has 128 valence electrons. The molecular formula is C18H16BrN3O3. The molecule has 0 spiro atoms. The first kappa shape index (κ1) is 17.2. The van der Waals surface area contributed by atoms with Crippen molar-refractivity contribution in [1.29, 1.82) is 0 Å². The molecule has 1 fully saturated rings. The third-order valence-electron chi connectivity index (χ3n) is 3.97. The molecule has 1 aliphatic heterocycles. The Morgan fingerprint density at radius 2 is 1.68 bits per heavy atom. The van der Waals surface area contributed by atoms with Gasteiger partial charge in [0.1, 0.15) is 0 Å². The smallest absolute Gasteiger partial charge is 0.269 e. The second kappa shape index (κ2) is 7.48. The van der Waals surface area contributed by atoms with Gasteiger partial charge < -0.3 is 4.90 Å². The van der Waals surface area contributed by atoms with Crippen molar-refractivity contribution in [1.82, 2.24) is 10.9 Å². The van der Waals surface area contributed by atoms with Gasteiger partial charge in [0.15, 0.2) is 0 Å². The first-order valence-corrected chi connectivity index (χ1v) is 8.55. The van der Waals surface area contributed by atoms with Crippen LogP contribution in [-0.2, 0) is 9.59 Å². The van der Waals surface area contributed by atoms with Crippen LogP contribution in [0.2, 0.25) is 0 Å². The van der Waals surface area contributed by atoms with Gasteiger partial charge >= 0.3 is 0 Å². The number of benzene rings is 2. The highest BCUT2D eigenvalue weighted by Gasteiger charge is 2.35. The lowest BCUT2D eigenvalue weighted by atomic mass is 10.1. The average molecular weight is 402 g/mol. The fraction of sp³-hybridized carbons (Fsp3) is 0.167. The van der Waals surface area contributed by atoms with Gasteiger partial charge in [0.25, 0.3) is 5.91 Å². The Kier molecular flexibility index (Phi) is 5.14. The summed E-state index contributed by atoms with van der Waals surface area (Å²) in [6, 6.07) is 15.9. The van der Waals surface area contributed by atoms with E-state index in [9.17, 15) is 14.4 Å². The van der Waals surface area contributed by atoms with Crippen LogP contribution in [-0.4, -0.2) is 24.3 Å². The third-order valence-corrected chi connectivity index (χ3v) is 4.50. The van der Waals surface area contributed by atoms with Crippen LogP contribution >= 0.6 is 15.9 Å². The molecule has 2 aromatic carbocycles. The minimum atomic E-state index is -0.507. The lowest BCUT2D eigenvalue weighted by Crippen LogP contribution is -2.45. The summed E-state index contributed by atoms with van der Waals surface area (Å²) in [7, 11) is 0. The van der Waals surface area contributed by atoms with Crippen molar-refractivity contribution < 1.29 is 14.4 Å².